The molecule has 1 aromatic carbocycles. The Balaban J connectivity index is 2.75. The van der Waals surface area contributed by atoms with Crippen molar-refractivity contribution in [3.05, 3.63) is 27.7 Å². The van der Waals surface area contributed by atoms with Gasteiger partial charge in [0.1, 0.15) is 0 Å². The molecule has 0 aromatic heterocycles. The van der Waals surface area contributed by atoms with Crippen LogP contribution in [-0.4, -0.2) is 12.0 Å². The molecule has 0 N–H and O–H groups in total. The standard InChI is InChI=1S/C10H9BrOS/c1-13-9-5-3-7(11)6-2-4-8(12)10(6)9/h3,5H,2,4H2,1H3/i2D,4D2. The van der Waals surface area contributed by atoms with Gasteiger partial charge in [0.05, 0.1) is 0 Å². The van der Waals surface area contributed by atoms with Crippen LogP contribution in [0.5, 0.6) is 0 Å². The van der Waals surface area contributed by atoms with Gasteiger partial charge in [0.15, 0.2) is 5.78 Å². The molecule has 1 nitrogen and oxygen atoms in total. The number of carbonyl (C=O) groups is 1. The summed E-state index contributed by atoms with van der Waals surface area (Å²) in [5, 5.41) is 0. The van der Waals surface area contributed by atoms with Crippen molar-refractivity contribution in [3.63, 3.8) is 0 Å². The van der Waals surface area contributed by atoms with Gasteiger partial charge in [0, 0.05) is 25.4 Å². The highest BCUT2D eigenvalue weighted by Crippen LogP contribution is 2.35. The molecule has 1 atom stereocenters. The number of ketones is 1. The van der Waals surface area contributed by atoms with E-state index in [-0.39, 0.29) is 0 Å². The van der Waals surface area contributed by atoms with Crippen molar-refractivity contribution in [2.45, 2.75) is 17.7 Å². The molecule has 1 aliphatic rings. The van der Waals surface area contributed by atoms with Gasteiger partial charge in [-0.2, -0.15) is 0 Å². The van der Waals surface area contributed by atoms with Crippen LogP contribution < -0.4 is 0 Å². The average Bonchev–Trinajstić information content (AvgIpc) is 2.42. The smallest absolute Gasteiger partial charge is 0.164 e. The zero-order valence-electron chi connectivity index (χ0n) is 9.93. The minimum atomic E-state index is -2.11. The van der Waals surface area contributed by atoms with Crippen molar-refractivity contribution in [3.8, 4) is 0 Å². The number of thioether (sulfide) groups is 1. The lowest BCUT2D eigenvalue weighted by Gasteiger charge is -2.05. The number of hydrogen-bond acceptors (Lipinski definition) is 2. The van der Waals surface area contributed by atoms with Crippen LogP contribution in [0.15, 0.2) is 21.5 Å². The predicted molar refractivity (Wildman–Crippen MR) is 58.6 cm³/mol. The van der Waals surface area contributed by atoms with Crippen LogP contribution in [-0.2, 0) is 6.40 Å². The van der Waals surface area contributed by atoms with Crippen LogP contribution in [0, 0.1) is 0 Å². The summed E-state index contributed by atoms with van der Waals surface area (Å²) in [6.45, 7) is 0. The molecule has 1 aliphatic carbocycles. The average molecular weight is 260 g/mol. The maximum atomic E-state index is 11.9. The monoisotopic (exact) mass is 259 g/mol. The fourth-order valence-corrected chi connectivity index (χ4v) is 2.39. The SMILES string of the molecule is [2H]C1c2c(Br)ccc(SC)c2C(=O)C1([2H])[2H]. The summed E-state index contributed by atoms with van der Waals surface area (Å²) in [4.78, 5) is 12.7. The molecular weight excluding hydrogens is 248 g/mol. The third-order valence-electron chi connectivity index (χ3n) is 1.95. The van der Waals surface area contributed by atoms with E-state index < -0.39 is 18.6 Å². The molecule has 0 radical (unpaired) electrons. The third-order valence-corrected chi connectivity index (χ3v) is 3.42. The maximum Gasteiger partial charge on any atom is 0.164 e. The van der Waals surface area contributed by atoms with E-state index >= 15 is 0 Å². The van der Waals surface area contributed by atoms with Gasteiger partial charge in [-0.1, -0.05) is 15.9 Å². The number of carbonyl (C=O) groups excluding carboxylic acids is 1. The molecular formula is C10H9BrOS. The molecule has 0 heterocycles. The van der Waals surface area contributed by atoms with E-state index in [2.05, 4.69) is 15.9 Å². The van der Waals surface area contributed by atoms with Gasteiger partial charge >= 0.3 is 0 Å². The van der Waals surface area contributed by atoms with Gasteiger partial charge in [-0.3, -0.25) is 4.79 Å². The van der Waals surface area contributed by atoms with Crippen molar-refractivity contribution >= 4 is 33.5 Å². The molecule has 0 aliphatic heterocycles. The largest absolute Gasteiger partial charge is 0.294 e. The first kappa shape index (κ1) is 6.25. The Labute approximate surface area is 94.3 Å². The molecule has 1 aromatic rings. The Morgan fingerprint density at radius 1 is 1.62 bits per heavy atom. The maximum absolute atomic E-state index is 11.9. The van der Waals surface area contributed by atoms with Crippen molar-refractivity contribution in [1.82, 2.24) is 0 Å². The number of fused-ring (bicyclic) bond motifs is 1. The molecule has 0 saturated carbocycles. The summed E-state index contributed by atoms with van der Waals surface area (Å²) >= 11 is 4.68. The van der Waals surface area contributed by atoms with Crippen molar-refractivity contribution in [2.75, 3.05) is 6.26 Å². The molecule has 0 saturated heterocycles. The lowest BCUT2D eigenvalue weighted by atomic mass is 10.1. The molecule has 1 unspecified atom stereocenters. The summed E-state index contributed by atoms with van der Waals surface area (Å²) in [7, 11) is 0. The lowest BCUT2D eigenvalue weighted by molar-refractivity contribution is 0.0992. The van der Waals surface area contributed by atoms with Gasteiger partial charge in [-0.15, -0.1) is 11.8 Å². The van der Waals surface area contributed by atoms with Gasteiger partial charge in [-0.05, 0) is 30.3 Å². The summed E-state index contributed by atoms with van der Waals surface area (Å²) in [6, 6.07) is 3.54. The molecule has 68 valence electrons. The Morgan fingerprint density at radius 3 is 3.08 bits per heavy atom. The zero-order valence-corrected chi connectivity index (χ0v) is 9.33. The van der Waals surface area contributed by atoms with E-state index in [0.717, 1.165) is 4.90 Å². The fourth-order valence-electron chi connectivity index (χ4n) is 1.33. The second-order valence-corrected chi connectivity index (χ2v) is 4.36. The van der Waals surface area contributed by atoms with Gasteiger partial charge in [0.2, 0.25) is 0 Å². The van der Waals surface area contributed by atoms with Crippen LogP contribution in [0.25, 0.3) is 0 Å². The Morgan fingerprint density at radius 2 is 2.38 bits per heavy atom. The minimum Gasteiger partial charge on any atom is -0.294 e. The van der Waals surface area contributed by atoms with E-state index in [0.29, 0.717) is 15.6 Å². The second-order valence-electron chi connectivity index (χ2n) is 2.66. The number of rotatable bonds is 1. The summed E-state index contributed by atoms with van der Waals surface area (Å²) in [5.41, 5.74) is 0.841. The number of Topliss-reactive ketones (excluding diaryl/α,β-unsaturated/α-hetero) is 1. The van der Waals surface area contributed by atoms with E-state index in [9.17, 15) is 4.79 Å². The molecule has 0 bridgehead atoms. The molecule has 3 heteroatoms. The first-order valence-electron chi connectivity index (χ1n) is 5.32. The van der Waals surface area contributed by atoms with Crippen LogP contribution in [0.1, 0.15) is 26.4 Å². The zero-order chi connectivity index (χ0) is 12.1. The molecule has 2 rings (SSSR count). The highest BCUT2D eigenvalue weighted by atomic mass is 79.9. The summed E-state index contributed by atoms with van der Waals surface area (Å²) < 4.78 is 23.8. The third kappa shape index (κ3) is 1.44. The molecule has 13 heavy (non-hydrogen) atoms. The van der Waals surface area contributed by atoms with Crippen molar-refractivity contribution in [1.29, 1.82) is 0 Å². The Hall–Kier alpha value is -0.280. The predicted octanol–water partition coefficient (Wildman–Crippen LogP) is 3.30. The normalized spacial score (nSPS) is 27.7. The summed E-state index contributed by atoms with van der Waals surface area (Å²) in [6.07, 6.45) is -1.42. The summed E-state index contributed by atoms with van der Waals surface area (Å²) in [5.74, 6) is -0.576. The highest BCUT2D eigenvalue weighted by Gasteiger charge is 2.24. The molecule has 0 spiro atoms. The van der Waals surface area contributed by atoms with E-state index in [4.69, 9.17) is 4.11 Å². The lowest BCUT2D eigenvalue weighted by Crippen LogP contribution is -1.94. The molecule has 0 fully saturated rings. The van der Waals surface area contributed by atoms with E-state index in [1.807, 2.05) is 6.26 Å². The first-order chi connectivity index (χ1) is 7.41. The highest BCUT2D eigenvalue weighted by molar-refractivity contribution is 9.10. The Kier molecular flexibility index (Phi) is 1.67. The fraction of sp³-hybridized carbons (Fsp3) is 0.300. The van der Waals surface area contributed by atoms with Gasteiger partial charge in [-0.25, -0.2) is 0 Å². The number of benzene rings is 1. The quantitative estimate of drug-likeness (QED) is 0.721. The molecule has 0 amide bonds. The van der Waals surface area contributed by atoms with Crippen LogP contribution in [0.4, 0.5) is 0 Å². The van der Waals surface area contributed by atoms with Crippen molar-refractivity contribution in [2.24, 2.45) is 0 Å². The van der Waals surface area contributed by atoms with Gasteiger partial charge in [0.25, 0.3) is 0 Å². The number of hydrogen-bond donors (Lipinski definition) is 0. The van der Waals surface area contributed by atoms with E-state index in [1.54, 1.807) is 12.1 Å². The topological polar surface area (TPSA) is 17.1 Å². The van der Waals surface area contributed by atoms with E-state index in [1.165, 1.54) is 11.8 Å². The van der Waals surface area contributed by atoms with Crippen LogP contribution in [0.2, 0.25) is 0 Å². The van der Waals surface area contributed by atoms with Crippen LogP contribution >= 0.6 is 27.7 Å². The second kappa shape index (κ2) is 3.46. The van der Waals surface area contributed by atoms with Gasteiger partial charge < -0.3 is 0 Å². The van der Waals surface area contributed by atoms with Crippen LogP contribution in [0.3, 0.4) is 0 Å². The first-order valence-corrected chi connectivity index (χ1v) is 5.76. The Bertz CT molecular complexity index is 475. The van der Waals surface area contributed by atoms with Crippen molar-refractivity contribution < 1.29 is 8.91 Å². The number of halogens is 1. The minimum absolute atomic E-state index is 0.367.